The maximum absolute atomic E-state index is 4.63. The van der Waals surface area contributed by atoms with Gasteiger partial charge in [-0.05, 0) is 72.8 Å². The van der Waals surface area contributed by atoms with Crippen LogP contribution < -0.4 is 0 Å². The van der Waals surface area contributed by atoms with Crippen LogP contribution in [-0.4, -0.2) is 19.9 Å². The Labute approximate surface area is 163 Å². The number of nitrogens with one attached hydrogen (secondary N) is 2. The number of hydrogen-bond donors (Lipinski definition) is 2. The average Bonchev–Trinajstić information content (AvgIpc) is 3.32. The van der Waals surface area contributed by atoms with Crippen molar-refractivity contribution in [3.05, 3.63) is 71.3 Å². The van der Waals surface area contributed by atoms with Gasteiger partial charge in [-0.3, -0.25) is 0 Å². The SMILES string of the molecule is C1=Cc2cc3ccc(cc4nc(cc5ccc(cc1n2)[nH]5)C=C4)[nH]3.[Sc]. The van der Waals surface area contributed by atoms with Crippen LogP contribution in [0.4, 0.5) is 0 Å². The molecule has 1 radical (unpaired) electrons. The minimum Gasteiger partial charge on any atom is -0.355 e. The molecule has 2 aliphatic rings. The van der Waals surface area contributed by atoms with Gasteiger partial charge in [-0.1, -0.05) is 0 Å². The Kier molecular flexibility index (Phi) is 4.09. The summed E-state index contributed by atoms with van der Waals surface area (Å²) in [4.78, 5) is 16.0. The van der Waals surface area contributed by atoms with Crippen LogP contribution in [0.25, 0.3) is 46.4 Å². The third kappa shape index (κ3) is 3.33. The molecule has 5 rings (SSSR count). The Balaban J connectivity index is 0.00000157. The fourth-order valence-electron chi connectivity index (χ4n) is 2.94. The second-order valence-electron chi connectivity index (χ2n) is 5.91. The van der Waals surface area contributed by atoms with Crippen molar-refractivity contribution in [3.8, 4) is 0 Å². The van der Waals surface area contributed by atoms with Crippen molar-refractivity contribution in [2.45, 2.75) is 0 Å². The number of aromatic nitrogens is 4. The second-order valence-corrected chi connectivity index (χ2v) is 5.91. The molecular weight excluding hydrogens is 341 g/mol. The monoisotopic (exact) mass is 355 g/mol. The summed E-state index contributed by atoms with van der Waals surface area (Å²) in [5, 5.41) is 0. The topological polar surface area (TPSA) is 57.4 Å². The first kappa shape index (κ1) is 16.0. The summed E-state index contributed by atoms with van der Waals surface area (Å²) in [6.07, 6.45) is 8.09. The number of hydrogen-bond acceptors (Lipinski definition) is 2. The molecule has 0 aliphatic carbocycles. The van der Waals surface area contributed by atoms with Crippen LogP contribution in [0.2, 0.25) is 0 Å². The van der Waals surface area contributed by atoms with E-state index in [1.54, 1.807) is 0 Å². The molecule has 4 nitrogen and oxygen atoms in total. The molecule has 2 N–H and O–H groups in total. The van der Waals surface area contributed by atoms with E-state index in [2.05, 4.69) is 44.2 Å². The number of nitrogens with zero attached hydrogens (tertiary/aromatic N) is 2. The molecule has 8 bridgehead atoms. The molecule has 3 aromatic rings. The molecule has 3 aromatic heterocycles. The summed E-state index contributed by atoms with van der Waals surface area (Å²) >= 11 is 0. The number of rotatable bonds is 0. The average molecular weight is 355 g/mol. The van der Waals surface area contributed by atoms with Gasteiger partial charge in [0, 0.05) is 47.9 Å². The Hall–Kier alpha value is -2.53. The molecule has 0 amide bonds. The zero-order chi connectivity index (χ0) is 15.9. The Bertz CT molecular complexity index is 990. The third-order valence-corrected chi connectivity index (χ3v) is 4.04. The van der Waals surface area contributed by atoms with Crippen LogP contribution in [0.15, 0.2) is 48.5 Å². The van der Waals surface area contributed by atoms with E-state index in [-0.39, 0.29) is 25.8 Å². The first-order chi connectivity index (χ1) is 11.8. The van der Waals surface area contributed by atoms with Crippen LogP contribution in [0.3, 0.4) is 0 Å². The predicted molar refractivity (Wildman–Crippen MR) is 98.9 cm³/mol. The fourth-order valence-corrected chi connectivity index (χ4v) is 2.94. The molecule has 2 aliphatic heterocycles. The number of aromatic amines is 2. The molecule has 0 unspecified atom stereocenters. The van der Waals surface area contributed by atoms with Gasteiger partial charge < -0.3 is 9.97 Å². The first-order valence-electron chi connectivity index (χ1n) is 7.85. The minimum absolute atomic E-state index is 0. The molecular formula is C20H14N4Sc. The summed E-state index contributed by atoms with van der Waals surface area (Å²) in [5.74, 6) is 0. The summed E-state index contributed by atoms with van der Waals surface area (Å²) in [6, 6.07) is 16.4. The Morgan fingerprint density at radius 1 is 0.480 bits per heavy atom. The minimum atomic E-state index is 0. The van der Waals surface area contributed by atoms with Crippen molar-refractivity contribution in [3.63, 3.8) is 0 Å². The summed E-state index contributed by atoms with van der Waals surface area (Å²) in [5.41, 5.74) is 7.86. The molecule has 5 heteroatoms. The molecule has 0 spiro atoms. The van der Waals surface area contributed by atoms with E-state index in [0.717, 1.165) is 44.8 Å². The maximum Gasteiger partial charge on any atom is 0.0658 e. The summed E-state index contributed by atoms with van der Waals surface area (Å²) in [6.45, 7) is 0. The Morgan fingerprint density at radius 3 is 1.04 bits per heavy atom. The van der Waals surface area contributed by atoms with E-state index in [4.69, 9.17) is 0 Å². The fraction of sp³-hybridized carbons (Fsp3) is 0. The van der Waals surface area contributed by atoms with Gasteiger partial charge >= 0.3 is 0 Å². The maximum atomic E-state index is 4.63. The summed E-state index contributed by atoms with van der Waals surface area (Å²) < 4.78 is 0. The van der Waals surface area contributed by atoms with Gasteiger partial charge in [-0.2, -0.15) is 0 Å². The largest absolute Gasteiger partial charge is 0.355 e. The van der Waals surface area contributed by atoms with Gasteiger partial charge in [0.2, 0.25) is 0 Å². The standard InChI is InChI=1S/C20H14N4.Sc/c1-2-14-10-16-5-6-18(23-16)12-20-8-7-19(24-20)11-17-4-3-15(22-17)9-13(1)21-14;/h1-12,21,24H;. The van der Waals surface area contributed by atoms with Crippen LogP contribution in [0, 0.1) is 0 Å². The van der Waals surface area contributed by atoms with Gasteiger partial charge in [0.25, 0.3) is 0 Å². The smallest absolute Gasteiger partial charge is 0.0658 e. The van der Waals surface area contributed by atoms with E-state index < -0.39 is 0 Å². The van der Waals surface area contributed by atoms with Crippen LogP contribution in [-0.2, 0) is 25.8 Å². The van der Waals surface area contributed by atoms with E-state index in [1.807, 2.05) is 48.6 Å². The van der Waals surface area contributed by atoms with E-state index in [0.29, 0.717) is 0 Å². The van der Waals surface area contributed by atoms with Crippen molar-refractivity contribution in [2.75, 3.05) is 0 Å². The zero-order valence-electron chi connectivity index (χ0n) is 13.4. The predicted octanol–water partition coefficient (Wildman–Crippen LogP) is 4.65. The molecule has 0 aromatic carbocycles. The molecule has 0 saturated heterocycles. The number of H-pyrrole nitrogens is 2. The Morgan fingerprint density at radius 2 is 0.760 bits per heavy atom. The van der Waals surface area contributed by atoms with Crippen molar-refractivity contribution in [1.82, 2.24) is 19.9 Å². The van der Waals surface area contributed by atoms with Crippen molar-refractivity contribution in [2.24, 2.45) is 0 Å². The van der Waals surface area contributed by atoms with Gasteiger partial charge in [0.1, 0.15) is 0 Å². The van der Waals surface area contributed by atoms with Gasteiger partial charge in [-0.25, -0.2) is 9.97 Å². The van der Waals surface area contributed by atoms with Crippen LogP contribution in [0.5, 0.6) is 0 Å². The molecule has 0 saturated carbocycles. The molecule has 117 valence electrons. The van der Waals surface area contributed by atoms with Crippen LogP contribution >= 0.6 is 0 Å². The first-order valence-corrected chi connectivity index (χ1v) is 7.85. The van der Waals surface area contributed by atoms with Gasteiger partial charge in [0.05, 0.1) is 22.8 Å². The molecule has 25 heavy (non-hydrogen) atoms. The van der Waals surface area contributed by atoms with Crippen LogP contribution in [0.1, 0.15) is 22.8 Å². The van der Waals surface area contributed by atoms with E-state index >= 15 is 0 Å². The van der Waals surface area contributed by atoms with Crippen molar-refractivity contribution in [1.29, 1.82) is 0 Å². The van der Waals surface area contributed by atoms with E-state index in [1.165, 1.54) is 0 Å². The van der Waals surface area contributed by atoms with Gasteiger partial charge in [0.15, 0.2) is 0 Å². The van der Waals surface area contributed by atoms with Crippen molar-refractivity contribution < 1.29 is 25.8 Å². The number of fused-ring (bicyclic) bond motifs is 8. The normalized spacial score (nSPS) is 12.2. The summed E-state index contributed by atoms with van der Waals surface area (Å²) in [7, 11) is 0. The third-order valence-electron chi connectivity index (χ3n) is 4.04. The second kappa shape index (κ2) is 6.41. The van der Waals surface area contributed by atoms with Gasteiger partial charge in [-0.15, -0.1) is 0 Å². The van der Waals surface area contributed by atoms with Crippen molar-refractivity contribution >= 4 is 46.4 Å². The zero-order valence-corrected chi connectivity index (χ0v) is 15.2. The quantitative estimate of drug-likeness (QED) is 0.425. The molecule has 0 atom stereocenters. The molecule has 0 fully saturated rings. The van der Waals surface area contributed by atoms with E-state index in [9.17, 15) is 0 Å². The molecule has 5 heterocycles.